The summed E-state index contributed by atoms with van der Waals surface area (Å²) in [6.07, 6.45) is 21.4. The number of ketones is 1. The normalized spacial score (nSPS) is 23.4. The van der Waals surface area contributed by atoms with Crippen LogP contribution in [0.2, 0.25) is 0 Å². The Morgan fingerprint density at radius 1 is 0.859 bits per heavy atom. The predicted molar refractivity (Wildman–Crippen MR) is 258 cm³/mol. The van der Waals surface area contributed by atoms with Crippen LogP contribution in [0.15, 0.2) is 119 Å². The van der Waals surface area contributed by atoms with Gasteiger partial charge in [0.05, 0.1) is 47.6 Å². The standard InChI is InChI=1S/C54H72N4O6/c1-12-38-34(7)42-27-46-40(29-59)36(9)41(56-46)26-43-35(8)39(51(57-43)49-50(54(62)63-11)53(61)48-37(10)44(58-52(48)49)28-45(38)55-42)22-23-47(60)64-25-24-33(6)21-15-20-32(5)19-14-18-31(4)17-13-16-30(2)3/h24,26-32,35,39,50,57,59H,12-23,25H2,1-11H3/b33-24+,40-29+,42-27?,43-26?,44-28?,51-49?. The fraction of sp³-hybridized carbons (Fsp3) is 0.556. The molecule has 5 atom stereocenters. The Balaban J connectivity index is 1.20. The average Bonchev–Trinajstić information content (AvgIpc) is 3.99. The Hall–Kier alpha value is -5.12. The van der Waals surface area contributed by atoms with Crippen molar-refractivity contribution in [1.82, 2.24) is 5.32 Å². The van der Waals surface area contributed by atoms with Gasteiger partial charge in [-0.05, 0) is 118 Å². The van der Waals surface area contributed by atoms with Crippen LogP contribution in [0.1, 0.15) is 146 Å². The number of nitrogens with zero attached hydrogens (tertiary/aromatic N) is 3. The number of fused-ring (bicyclic) bond motifs is 5. The van der Waals surface area contributed by atoms with E-state index in [1.807, 2.05) is 45.1 Å². The monoisotopic (exact) mass is 873 g/mol. The molecule has 2 fully saturated rings. The lowest BCUT2D eigenvalue weighted by atomic mass is 9.85. The average molecular weight is 873 g/mol. The molecule has 344 valence electrons. The zero-order valence-corrected chi connectivity index (χ0v) is 40.4. The highest BCUT2D eigenvalue weighted by Crippen LogP contribution is 2.47. The van der Waals surface area contributed by atoms with Crippen molar-refractivity contribution in [3.8, 4) is 0 Å². The van der Waals surface area contributed by atoms with Gasteiger partial charge in [0.15, 0.2) is 5.78 Å². The molecule has 10 nitrogen and oxygen atoms in total. The summed E-state index contributed by atoms with van der Waals surface area (Å²) in [5, 5.41) is 14.0. The Kier molecular flexibility index (Phi) is 16.0. The first-order chi connectivity index (χ1) is 30.6. The van der Waals surface area contributed by atoms with Crippen LogP contribution in [0.5, 0.6) is 0 Å². The quantitative estimate of drug-likeness (QED) is 0.0570. The van der Waals surface area contributed by atoms with Crippen molar-refractivity contribution in [3.63, 3.8) is 0 Å². The molecule has 0 amide bonds. The topological polar surface area (TPSA) is 139 Å². The number of nitrogens with one attached hydrogen (secondary N) is 1. The third kappa shape index (κ3) is 10.5. The Bertz CT molecular complexity index is 2300. The van der Waals surface area contributed by atoms with Crippen LogP contribution in [0.4, 0.5) is 0 Å². The number of ether oxygens (including phenoxy) is 2. The maximum atomic E-state index is 14.4. The Morgan fingerprint density at radius 3 is 2.17 bits per heavy atom. The highest BCUT2D eigenvalue weighted by Gasteiger charge is 2.52. The van der Waals surface area contributed by atoms with Gasteiger partial charge in [0.1, 0.15) is 12.5 Å². The highest BCUT2D eigenvalue weighted by atomic mass is 16.5. The molecule has 5 heterocycles. The summed E-state index contributed by atoms with van der Waals surface area (Å²) in [7, 11) is 1.29. The fourth-order valence-corrected chi connectivity index (χ4v) is 10.1. The van der Waals surface area contributed by atoms with Gasteiger partial charge in [-0.3, -0.25) is 14.4 Å². The van der Waals surface area contributed by atoms with Crippen molar-refractivity contribution in [2.75, 3.05) is 13.7 Å². The third-order valence-corrected chi connectivity index (χ3v) is 14.2. The predicted octanol–water partition coefficient (Wildman–Crippen LogP) is 12.0. The first-order valence-electron chi connectivity index (χ1n) is 23.9. The van der Waals surface area contributed by atoms with E-state index in [0.29, 0.717) is 63.1 Å². The van der Waals surface area contributed by atoms with E-state index in [0.717, 1.165) is 71.2 Å². The SMILES string of the molecule is CCC1=C(C)C2=CC3=NC(=C(C)/C3=C\O)C=C3NC(=C4C5=NC(=CC1=N2)C(C)=C5C(=O)C4C(=O)OC)C(CCC(=O)OC/C=C(\C)CCCC(C)CCCC(C)CCCC(C)C)C3C. The number of aliphatic hydroxyl groups is 1. The van der Waals surface area contributed by atoms with E-state index in [4.69, 9.17) is 24.5 Å². The van der Waals surface area contributed by atoms with Crippen molar-refractivity contribution in [3.05, 3.63) is 104 Å². The molecule has 1 aliphatic carbocycles. The zero-order chi connectivity index (χ0) is 46.4. The molecule has 0 radical (unpaired) electrons. The minimum Gasteiger partial charge on any atom is -0.515 e. The van der Waals surface area contributed by atoms with E-state index in [2.05, 4.69) is 53.8 Å². The van der Waals surface area contributed by atoms with Crippen molar-refractivity contribution in [2.24, 2.45) is 50.5 Å². The summed E-state index contributed by atoms with van der Waals surface area (Å²) in [4.78, 5) is 56.4. The number of carbonyl (C=O) groups excluding carboxylic acids is 3. The Labute approximate surface area is 382 Å². The smallest absolute Gasteiger partial charge is 0.321 e. The molecular weight excluding hydrogens is 801 g/mol. The van der Waals surface area contributed by atoms with Crippen LogP contribution in [0.3, 0.4) is 0 Å². The first kappa shape index (κ1) is 48.3. The molecule has 0 aromatic heterocycles. The van der Waals surface area contributed by atoms with Gasteiger partial charge in [0.25, 0.3) is 0 Å². The maximum absolute atomic E-state index is 14.4. The first-order valence-corrected chi connectivity index (χ1v) is 23.9. The molecule has 6 rings (SSSR count). The summed E-state index contributed by atoms with van der Waals surface area (Å²) < 4.78 is 11.0. The number of hydrogen-bond acceptors (Lipinski definition) is 10. The number of carbonyl (C=O) groups is 3. The number of Topliss-reactive ketones (excluding diaryl/α,β-unsaturated/α-hetero) is 1. The molecule has 10 heteroatoms. The van der Waals surface area contributed by atoms with Crippen LogP contribution in [0, 0.1) is 35.5 Å². The Morgan fingerprint density at radius 2 is 1.52 bits per heavy atom. The molecule has 1 saturated heterocycles. The van der Waals surface area contributed by atoms with Gasteiger partial charge >= 0.3 is 11.9 Å². The van der Waals surface area contributed by atoms with E-state index in [1.165, 1.54) is 57.6 Å². The largest absolute Gasteiger partial charge is 0.515 e. The molecule has 64 heavy (non-hydrogen) atoms. The number of hydrogen-bond donors (Lipinski definition) is 2. The van der Waals surface area contributed by atoms with Crippen molar-refractivity contribution >= 4 is 34.9 Å². The number of rotatable bonds is 19. The van der Waals surface area contributed by atoms with Crippen LogP contribution in [-0.4, -0.2) is 53.7 Å². The lowest BCUT2D eigenvalue weighted by molar-refractivity contribution is -0.146. The molecule has 2 N–H and O–H groups in total. The molecule has 1 saturated carbocycles. The van der Waals surface area contributed by atoms with Gasteiger partial charge in [0.2, 0.25) is 0 Å². The fourth-order valence-electron chi connectivity index (χ4n) is 10.1. The van der Waals surface area contributed by atoms with Gasteiger partial charge < -0.3 is 19.9 Å². The molecule has 5 unspecified atom stereocenters. The van der Waals surface area contributed by atoms with Gasteiger partial charge in [-0.15, -0.1) is 0 Å². The number of aliphatic imine (C=N–C) groups is 3. The van der Waals surface area contributed by atoms with Gasteiger partial charge in [-0.25, -0.2) is 15.0 Å². The van der Waals surface area contributed by atoms with Crippen LogP contribution >= 0.6 is 0 Å². The summed E-state index contributed by atoms with van der Waals surface area (Å²) in [5.74, 6) is -0.697. The van der Waals surface area contributed by atoms with Gasteiger partial charge in [-0.1, -0.05) is 92.1 Å². The second kappa shape index (κ2) is 21.2. The van der Waals surface area contributed by atoms with Crippen molar-refractivity contribution in [1.29, 1.82) is 0 Å². The zero-order valence-electron chi connectivity index (χ0n) is 40.4. The van der Waals surface area contributed by atoms with E-state index in [1.54, 1.807) is 0 Å². The van der Waals surface area contributed by atoms with Crippen LogP contribution in [-0.2, 0) is 23.9 Å². The minimum absolute atomic E-state index is 0.137. The second-order valence-corrected chi connectivity index (χ2v) is 19.4. The summed E-state index contributed by atoms with van der Waals surface area (Å²) in [6.45, 7) is 21.7. The number of methoxy groups -OCH3 is 1. The molecule has 0 aromatic rings. The molecule has 5 aliphatic heterocycles. The summed E-state index contributed by atoms with van der Waals surface area (Å²) in [6, 6.07) is 0. The maximum Gasteiger partial charge on any atom is 0.321 e. The molecular formula is C54H72N4O6. The van der Waals surface area contributed by atoms with E-state index < -0.39 is 11.9 Å². The number of esters is 2. The molecule has 0 spiro atoms. The van der Waals surface area contributed by atoms with E-state index in [-0.39, 0.29) is 36.6 Å². The lowest BCUT2D eigenvalue weighted by Crippen LogP contribution is -2.26. The molecule has 8 bridgehead atoms. The highest BCUT2D eigenvalue weighted by molar-refractivity contribution is 6.42. The van der Waals surface area contributed by atoms with E-state index >= 15 is 0 Å². The van der Waals surface area contributed by atoms with Crippen LogP contribution in [0.25, 0.3) is 0 Å². The second-order valence-electron chi connectivity index (χ2n) is 19.4. The molecule has 6 aliphatic rings. The van der Waals surface area contributed by atoms with E-state index in [9.17, 15) is 19.5 Å². The lowest BCUT2D eigenvalue weighted by Gasteiger charge is -2.19. The molecule has 0 aromatic carbocycles. The number of aliphatic hydroxyl groups excluding tert-OH is 1. The minimum atomic E-state index is -1.21. The third-order valence-electron chi connectivity index (χ3n) is 14.2. The van der Waals surface area contributed by atoms with Gasteiger partial charge in [0, 0.05) is 46.4 Å². The van der Waals surface area contributed by atoms with Crippen LogP contribution < -0.4 is 5.32 Å². The number of allylic oxidation sites excluding steroid dienone is 12. The van der Waals surface area contributed by atoms with Gasteiger partial charge in [-0.2, -0.15) is 0 Å². The summed E-state index contributed by atoms with van der Waals surface area (Å²) in [5.41, 5.74) is 11.5. The summed E-state index contributed by atoms with van der Waals surface area (Å²) >= 11 is 0. The van der Waals surface area contributed by atoms with Crippen molar-refractivity contribution in [2.45, 2.75) is 146 Å². The van der Waals surface area contributed by atoms with Crippen molar-refractivity contribution < 1.29 is 29.0 Å².